The summed E-state index contributed by atoms with van der Waals surface area (Å²) in [4.78, 5) is 1.17. The molecule has 0 amide bonds. The van der Waals surface area contributed by atoms with Crippen LogP contribution in [-0.2, 0) is 22.9 Å². The Balaban J connectivity index is 2.27. The van der Waals surface area contributed by atoms with Crippen molar-refractivity contribution in [3.8, 4) is 6.07 Å². The molecule has 1 atom stereocenters. The molecule has 1 aromatic heterocycles. The molecule has 1 N–H and O–H groups in total. The van der Waals surface area contributed by atoms with Gasteiger partial charge in [0.05, 0.1) is 11.3 Å². The van der Waals surface area contributed by atoms with Crippen molar-refractivity contribution in [3.63, 3.8) is 0 Å². The lowest BCUT2D eigenvalue weighted by atomic mass is 9.89. The van der Waals surface area contributed by atoms with Gasteiger partial charge in [0.2, 0.25) is 10.0 Å². The van der Waals surface area contributed by atoms with Crippen molar-refractivity contribution >= 4 is 26.4 Å². The summed E-state index contributed by atoms with van der Waals surface area (Å²) in [6.45, 7) is 4.15. The zero-order valence-electron chi connectivity index (χ0n) is 11.9. The average molecular weight is 312 g/mol. The molecule has 2 rings (SSSR count). The lowest BCUT2D eigenvalue weighted by Crippen LogP contribution is -2.16. The zero-order valence-corrected chi connectivity index (χ0v) is 13.5. The first-order valence-corrected chi connectivity index (χ1v) is 9.48. The summed E-state index contributed by atoms with van der Waals surface area (Å²) in [6.07, 6.45) is 4.38. The van der Waals surface area contributed by atoms with Gasteiger partial charge in [-0.2, -0.15) is 5.26 Å². The van der Waals surface area contributed by atoms with Crippen molar-refractivity contribution < 1.29 is 8.42 Å². The van der Waals surface area contributed by atoms with Crippen LogP contribution in [0.2, 0.25) is 0 Å². The normalized spacial score (nSPS) is 18.4. The summed E-state index contributed by atoms with van der Waals surface area (Å²) in [5, 5.41) is 9.84. The number of rotatable bonds is 5. The van der Waals surface area contributed by atoms with Crippen LogP contribution >= 0.6 is 11.3 Å². The molecule has 4 nitrogen and oxygen atoms in total. The maximum absolute atomic E-state index is 12.0. The van der Waals surface area contributed by atoms with Crippen molar-refractivity contribution in [1.29, 1.82) is 5.26 Å². The predicted molar refractivity (Wildman–Crippen MR) is 82.5 cm³/mol. The molecule has 0 radical (unpaired) electrons. The minimum absolute atomic E-state index is 0.118. The van der Waals surface area contributed by atoms with E-state index in [1.807, 2.05) is 6.92 Å². The van der Waals surface area contributed by atoms with Crippen molar-refractivity contribution in [3.05, 3.63) is 16.0 Å². The maximum Gasteiger partial charge on any atom is 0.233 e. The van der Waals surface area contributed by atoms with Crippen molar-refractivity contribution in [1.82, 2.24) is 0 Å². The fourth-order valence-electron chi connectivity index (χ4n) is 2.47. The third-order valence-electron chi connectivity index (χ3n) is 3.64. The number of nitriles is 1. The topological polar surface area (TPSA) is 70.0 Å². The van der Waals surface area contributed by atoms with E-state index in [4.69, 9.17) is 0 Å². The van der Waals surface area contributed by atoms with E-state index in [9.17, 15) is 13.7 Å². The highest BCUT2D eigenvalue weighted by molar-refractivity contribution is 7.92. The van der Waals surface area contributed by atoms with Crippen LogP contribution in [0, 0.1) is 17.2 Å². The first kappa shape index (κ1) is 15.3. The van der Waals surface area contributed by atoms with Gasteiger partial charge in [-0.15, -0.1) is 11.3 Å². The van der Waals surface area contributed by atoms with E-state index < -0.39 is 10.0 Å². The number of hydrogen-bond donors (Lipinski definition) is 1. The highest BCUT2D eigenvalue weighted by Gasteiger charge is 2.25. The molecular weight excluding hydrogens is 292 g/mol. The number of anilines is 1. The molecule has 0 spiro atoms. The quantitative estimate of drug-likeness (QED) is 0.907. The largest absolute Gasteiger partial charge is 0.273 e. The molecule has 110 valence electrons. The molecule has 0 aliphatic heterocycles. The second kappa shape index (κ2) is 6.15. The van der Waals surface area contributed by atoms with E-state index in [0.29, 0.717) is 22.9 Å². The summed E-state index contributed by atoms with van der Waals surface area (Å²) in [5.41, 5.74) is 1.60. The Bertz CT molecular complexity index is 626. The summed E-state index contributed by atoms with van der Waals surface area (Å²) < 4.78 is 26.6. The van der Waals surface area contributed by atoms with Gasteiger partial charge < -0.3 is 0 Å². The van der Waals surface area contributed by atoms with Crippen LogP contribution in [0.4, 0.5) is 5.00 Å². The average Bonchev–Trinajstić information content (AvgIpc) is 2.71. The molecule has 0 saturated heterocycles. The van der Waals surface area contributed by atoms with Gasteiger partial charge in [-0.25, -0.2) is 8.42 Å². The molecular formula is C14H20N2O2S2. The Morgan fingerprint density at radius 1 is 1.50 bits per heavy atom. The van der Waals surface area contributed by atoms with E-state index in [1.165, 1.54) is 16.2 Å². The summed E-state index contributed by atoms with van der Waals surface area (Å²) in [7, 11) is -3.33. The predicted octanol–water partition coefficient (Wildman–Crippen LogP) is 3.29. The molecule has 0 saturated carbocycles. The van der Waals surface area contributed by atoms with Crippen LogP contribution in [0.25, 0.3) is 0 Å². The van der Waals surface area contributed by atoms with Gasteiger partial charge in [-0.1, -0.05) is 20.3 Å². The summed E-state index contributed by atoms with van der Waals surface area (Å²) >= 11 is 1.44. The van der Waals surface area contributed by atoms with E-state index >= 15 is 0 Å². The molecule has 6 heteroatoms. The summed E-state index contributed by atoms with van der Waals surface area (Å²) in [5.74, 6) is 0.727. The standard InChI is InChI=1S/C14H20N2O2S2/c1-3-4-7-20(17,18)16-14-12(9-15)11-6-5-10(2)8-13(11)19-14/h10,16H,3-8H2,1-2H3/t10-/m1/s1. The van der Waals surface area contributed by atoms with Crippen molar-refractivity contribution in [2.75, 3.05) is 10.5 Å². The second-order valence-electron chi connectivity index (χ2n) is 5.44. The number of sulfonamides is 1. The third-order valence-corrected chi connectivity index (χ3v) is 6.28. The van der Waals surface area contributed by atoms with Gasteiger partial charge in [0.1, 0.15) is 11.1 Å². The molecule has 1 heterocycles. The Morgan fingerprint density at radius 3 is 2.90 bits per heavy atom. The highest BCUT2D eigenvalue weighted by Crippen LogP contribution is 2.39. The molecule has 1 aliphatic rings. The van der Waals surface area contributed by atoms with E-state index in [-0.39, 0.29) is 5.75 Å². The van der Waals surface area contributed by atoms with E-state index in [2.05, 4.69) is 17.7 Å². The highest BCUT2D eigenvalue weighted by atomic mass is 32.2. The third kappa shape index (κ3) is 3.33. The second-order valence-corrected chi connectivity index (χ2v) is 8.39. The molecule has 1 aromatic rings. The van der Waals surface area contributed by atoms with Crippen LogP contribution < -0.4 is 4.72 Å². The Labute approximate surface area is 124 Å². The minimum Gasteiger partial charge on any atom is -0.273 e. The molecule has 0 unspecified atom stereocenters. The van der Waals surface area contributed by atoms with Crippen LogP contribution in [0.3, 0.4) is 0 Å². The summed E-state index contributed by atoms with van der Waals surface area (Å²) in [6, 6.07) is 2.18. The smallest absolute Gasteiger partial charge is 0.233 e. The fraction of sp³-hybridized carbons (Fsp3) is 0.643. The van der Waals surface area contributed by atoms with Gasteiger partial charge in [-0.3, -0.25) is 4.72 Å². The van der Waals surface area contributed by atoms with E-state index in [0.717, 1.165) is 31.2 Å². The number of nitrogens with zero attached hydrogens (tertiary/aromatic N) is 1. The van der Waals surface area contributed by atoms with Crippen LogP contribution in [0.1, 0.15) is 49.1 Å². The first-order chi connectivity index (χ1) is 9.46. The van der Waals surface area contributed by atoms with Gasteiger partial charge in [0.25, 0.3) is 0 Å². The SMILES string of the molecule is CCCCS(=O)(=O)Nc1sc2c(c1C#N)CC[C@@H](C)C2. The molecule has 0 bridgehead atoms. The van der Waals surface area contributed by atoms with Crippen molar-refractivity contribution in [2.45, 2.75) is 46.0 Å². The van der Waals surface area contributed by atoms with Gasteiger partial charge in [0.15, 0.2) is 0 Å². The fourth-order valence-corrected chi connectivity index (χ4v) is 5.38. The number of unbranched alkanes of at least 4 members (excludes halogenated alkanes) is 1. The first-order valence-electron chi connectivity index (χ1n) is 7.02. The molecule has 0 aromatic carbocycles. The van der Waals surface area contributed by atoms with Crippen LogP contribution in [0.5, 0.6) is 0 Å². The lowest BCUT2D eigenvalue weighted by Gasteiger charge is -2.17. The number of thiophene rings is 1. The van der Waals surface area contributed by atoms with E-state index in [1.54, 1.807) is 0 Å². The Hall–Kier alpha value is -1.06. The van der Waals surface area contributed by atoms with Crippen molar-refractivity contribution in [2.24, 2.45) is 5.92 Å². The molecule has 20 heavy (non-hydrogen) atoms. The number of hydrogen-bond acceptors (Lipinski definition) is 4. The zero-order chi connectivity index (χ0) is 14.8. The maximum atomic E-state index is 12.0. The molecule has 0 fully saturated rings. The van der Waals surface area contributed by atoms with Gasteiger partial charge in [0, 0.05) is 4.88 Å². The monoisotopic (exact) mass is 312 g/mol. The number of nitrogens with one attached hydrogen (secondary N) is 1. The number of fused-ring (bicyclic) bond motifs is 1. The minimum atomic E-state index is -3.33. The lowest BCUT2D eigenvalue weighted by molar-refractivity contribution is 0.507. The van der Waals surface area contributed by atoms with Crippen LogP contribution in [-0.4, -0.2) is 14.2 Å². The van der Waals surface area contributed by atoms with Gasteiger partial charge >= 0.3 is 0 Å². The Kier molecular flexibility index (Phi) is 4.71. The Morgan fingerprint density at radius 2 is 2.25 bits per heavy atom. The molecule has 1 aliphatic carbocycles. The van der Waals surface area contributed by atoms with Gasteiger partial charge in [-0.05, 0) is 37.2 Å². The van der Waals surface area contributed by atoms with Crippen LogP contribution in [0.15, 0.2) is 0 Å².